The summed E-state index contributed by atoms with van der Waals surface area (Å²) >= 11 is 0. The molecule has 2 aliphatic carbocycles. The molecular formula is C25H29F5N2O. The van der Waals surface area contributed by atoms with Crippen molar-refractivity contribution in [3.63, 3.8) is 0 Å². The molecule has 1 amide bonds. The number of nitrogens with one attached hydrogen (secondary N) is 1. The van der Waals surface area contributed by atoms with Gasteiger partial charge in [-0.25, -0.2) is 8.78 Å². The summed E-state index contributed by atoms with van der Waals surface area (Å²) in [5.41, 5.74) is -1.11. The van der Waals surface area contributed by atoms with Crippen molar-refractivity contribution in [1.29, 1.82) is 0 Å². The maximum atomic E-state index is 13.7. The lowest BCUT2D eigenvalue weighted by Gasteiger charge is -2.31. The zero-order valence-corrected chi connectivity index (χ0v) is 19.0. The zero-order chi connectivity index (χ0) is 24.8. The molecule has 0 aromatic heterocycles. The molecule has 1 N–H and O–H groups in total. The first-order valence-corrected chi connectivity index (χ1v) is 11.1. The topological polar surface area (TPSA) is 41.5 Å². The first-order valence-electron chi connectivity index (χ1n) is 11.1. The van der Waals surface area contributed by atoms with Crippen LogP contribution in [0.2, 0.25) is 0 Å². The molecule has 33 heavy (non-hydrogen) atoms. The van der Waals surface area contributed by atoms with E-state index in [1.807, 2.05) is 13.8 Å². The number of hydrogen-bond acceptors (Lipinski definition) is 2. The molecule has 3 nitrogen and oxygen atoms in total. The molecule has 0 spiro atoms. The van der Waals surface area contributed by atoms with Gasteiger partial charge in [-0.15, -0.1) is 0 Å². The number of amides is 1. The Kier molecular flexibility index (Phi) is 9.14. The molecule has 0 saturated heterocycles. The molecule has 0 bridgehead atoms. The molecule has 3 rings (SSSR count). The lowest BCUT2D eigenvalue weighted by atomic mass is 9.76. The van der Waals surface area contributed by atoms with E-state index in [0.29, 0.717) is 6.42 Å². The SMILES string of the molecule is C=C(C=N/C(=C\C)C1=C(C(F)(F)F)CC2CCCC2C1)NC(=O)c1c(F)cccc1F.CC. The van der Waals surface area contributed by atoms with E-state index in [9.17, 15) is 26.7 Å². The van der Waals surface area contributed by atoms with Crippen LogP contribution in [-0.2, 0) is 0 Å². The van der Waals surface area contributed by atoms with Crippen LogP contribution < -0.4 is 5.32 Å². The molecule has 1 saturated carbocycles. The van der Waals surface area contributed by atoms with Crippen molar-refractivity contribution in [2.45, 2.75) is 59.1 Å². The Morgan fingerprint density at radius 1 is 1.12 bits per heavy atom. The highest BCUT2D eigenvalue weighted by atomic mass is 19.4. The highest BCUT2D eigenvalue weighted by Gasteiger charge is 2.44. The standard InChI is InChI=1S/C23H23F5N2O.C2H6/c1-3-20(16-10-14-6-4-7-15(14)11-17(16)23(26,27)28)29-12-13(2)30-22(31)21-18(24)8-5-9-19(21)25;1-2/h3,5,8-9,12,14-15H,2,4,6-7,10-11H2,1H3,(H,30,31);1-2H3/b20-3-,29-12?;. The summed E-state index contributed by atoms with van der Waals surface area (Å²) in [4.78, 5) is 16.2. The molecule has 0 aliphatic heterocycles. The Hall–Kier alpha value is -2.77. The fourth-order valence-electron chi connectivity index (χ4n) is 4.40. The van der Waals surface area contributed by atoms with Crippen LogP contribution >= 0.6 is 0 Å². The number of nitrogens with zero attached hydrogens (tertiary/aromatic N) is 1. The number of alkyl halides is 3. The number of carbonyl (C=O) groups is 1. The molecule has 1 aromatic rings. The van der Waals surface area contributed by atoms with Crippen molar-refractivity contribution in [1.82, 2.24) is 5.32 Å². The number of carbonyl (C=O) groups excluding carboxylic acids is 1. The third-order valence-corrected chi connectivity index (χ3v) is 5.86. The first kappa shape index (κ1) is 26.5. The van der Waals surface area contributed by atoms with E-state index in [2.05, 4.69) is 16.9 Å². The van der Waals surface area contributed by atoms with Gasteiger partial charge in [0.05, 0.1) is 17.6 Å². The van der Waals surface area contributed by atoms with Gasteiger partial charge in [0.25, 0.3) is 5.91 Å². The quantitative estimate of drug-likeness (QED) is 0.358. The number of halogens is 5. The lowest BCUT2D eigenvalue weighted by Crippen LogP contribution is -2.26. The molecule has 2 aliphatic rings. The molecule has 1 fully saturated rings. The first-order chi connectivity index (χ1) is 15.6. The van der Waals surface area contributed by atoms with Crippen LogP contribution in [0.15, 0.2) is 58.4 Å². The van der Waals surface area contributed by atoms with Crippen LogP contribution in [0.3, 0.4) is 0 Å². The van der Waals surface area contributed by atoms with Crippen molar-refractivity contribution >= 4 is 12.1 Å². The Bertz CT molecular complexity index is 955. The van der Waals surface area contributed by atoms with Gasteiger partial charge in [0.1, 0.15) is 17.2 Å². The molecule has 1 aromatic carbocycles. The third kappa shape index (κ3) is 6.39. The predicted molar refractivity (Wildman–Crippen MR) is 120 cm³/mol. The summed E-state index contributed by atoms with van der Waals surface area (Å²) < 4.78 is 68.6. The van der Waals surface area contributed by atoms with Gasteiger partial charge in [0.2, 0.25) is 0 Å². The van der Waals surface area contributed by atoms with Gasteiger partial charge in [-0.1, -0.05) is 39.0 Å². The molecule has 2 atom stereocenters. The number of hydrogen-bond donors (Lipinski definition) is 1. The Morgan fingerprint density at radius 2 is 1.70 bits per heavy atom. The molecule has 8 heteroatoms. The normalized spacial score (nSPS) is 20.9. The monoisotopic (exact) mass is 468 g/mol. The zero-order valence-electron chi connectivity index (χ0n) is 19.0. The Morgan fingerprint density at radius 3 is 2.24 bits per heavy atom. The van der Waals surface area contributed by atoms with Crippen LogP contribution in [0.4, 0.5) is 22.0 Å². The molecule has 180 valence electrons. The maximum Gasteiger partial charge on any atom is 0.413 e. The van der Waals surface area contributed by atoms with E-state index in [4.69, 9.17) is 0 Å². The average Bonchev–Trinajstić information content (AvgIpc) is 3.22. The number of fused-ring (bicyclic) bond motifs is 1. The largest absolute Gasteiger partial charge is 0.413 e. The fourth-order valence-corrected chi connectivity index (χ4v) is 4.40. The van der Waals surface area contributed by atoms with Gasteiger partial charge in [0, 0.05) is 5.57 Å². The predicted octanol–water partition coefficient (Wildman–Crippen LogP) is 7.28. The number of aliphatic imine (C=N–C) groups is 1. The second-order valence-corrected chi connectivity index (χ2v) is 7.82. The summed E-state index contributed by atoms with van der Waals surface area (Å²) in [6, 6.07) is 3.01. The summed E-state index contributed by atoms with van der Waals surface area (Å²) in [5, 5.41) is 2.21. The lowest BCUT2D eigenvalue weighted by molar-refractivity contribution is -0.0979. The van der Waals surface area contributed by atoms with Crippen molar-refractivity contribution in [2.24, 2.45) is 16.8 Å². The average molecular weight is 469 g/mol. The van der Waals surface area contributed by atoms with Crippen molar-refractivity contribution in [3.8, 4) is 0 Å². The number of rotatable bonds is 5. The third-order valence-electron chi connectivity index (χ3n) is 5.86. The van der Waals surface area contributed by atoms with Crippen LogP contribution in [0.5, 0.6) is 0 Å². The number of allylic oxidation sites excluding steroid dienone is 4. The second kappa shape index (κ2) is 11.4. The number of benzene rings is 1. The van der Waals surface area contributed by atoms with E-state index in [1.54, 1.807) is 6.92 Å². The van der Waals surface area contributed by atoms with Gasteiger partial charge in [-0.05, 0) is 62.1 Å². The van der Waals surface area contributed by atoms with E-state index >= 15 is 0 Å². The van der Waals surface area contributed by atoms with Crippen molar-refractivity contribution < 1.29 is 26.7 Å². The van der Waals surface area contributed by atoms with Gasteiger partial charge in [0.15, 0.2) is 0 Å². The minimum atomic E-state index is -4.44. The van der Waals surface area contributed by atoms with Crippen molar-refractivity contribution in [3.05, 3.63) is 70.6 Å². The fraction of sp³-hybridized carbons (Fsp3) is 0.440. The minimum Gasteiger partial charge on any atom is -0.321 e. The molecule has 2 unspecified atom stereocenters. The summed E-state index contributed by atoms with van der Waals surface area (Å²) in [6.45, 7) is 9.15. The molecular weight excluding hydrogens is 439 g/mol. The Labute approximate surface area is 191 Å². The highest BCUT2D eigenvalue weighted by Crippen LogP contribution is 2.50. The van der Waals surface area contributed by atoms with Gasteiger partial charge in [-0.2, -0.15) is 13.2 Å². The van der Waals surface area contributed by atoms with Gasteiger partial charge >= 0.3 is 6.18 Å². The van der Waals surface area contributed by atoms with Gasteiger partial charge < -0.3 is 5.32 Å². The molecule has 0 heterocycles. The molecule has 0 radical (unpaired) electrons. The highest BCUT2D eigenvalue weighted by molar-refractivity contribution is 5.99. The van der Waals surface area contributed by atoms with E-state index < -0.39 is 34.9 Å². The van der Waals surface area contributed by atoms with Crippen LogP contribution in [-0.4, -0.2) is 18.3 Å². The smallest absolute Gasteiger partial charge is 0.321 e. The van der Waals surface area contributed by atoms with Crippen LogP contribution in [0.25, 0.3) is 0 Å². The van der Waals surface area contributed by atoms with Crippen LogP contribution in [0, 0.1) is 23.5 Å². The second-order valence-electron chi connectivity index (χ2n) is 7.82. The van der Waals surface area contributed by atoms with E-state index in [-0.39, 0.29) is 35.2 Å². The summed E-state index contributed by atoms with van der Waals surface area (Å²) in [5.74, 6) is -2.88. The summed E-state index contributed by atoms with van der Waals surface area (Å²) in [6.07, 6.45) is 1.05. The Balaban J connectivity index is 0.00000187. The van der Waals surface area contributed by atoms with Crippen molar-refractivity contribution in [2.75, 3.05) is 0 Å². The summed E-state index contributed by atoms with van der Waals surface area (Å²) in [7, 11) is 0. The van der Waals surface area contributed by atoms with E-state index in [1.165, 1.54) is 6.08 Å². The van der Waals surface area contributed by atoms with Gasteiger partial charge in [-0.3, -0.25) is 9.79 Å². The minimum absolute atomic E-state index is 0.0133. The van der Waals surface area contributed by atoms with Crippen LogP contribution in [0.1, 0.15) is 63.2 Å². The van der Waals surface area contributed by atoms with E-state index in [0.717, 1.165) is 43.7 Å². The maximum absolute atomic E-state index is 13.7.